The smallest absolute Gasteiger partial charge is 0.341 e. The number of fused-ring (bicyclic) bond motifs is 6. The highest BCUT2D eigenvalue weighted by Gasteiger charge is 2.75. The monoisotopic (exact) mass is 980 g/mol. The Kier molecular flexibility index (Phi) is 17.0. The van der Waals surface area contributed by atoms with Crippen molar-refractivity contribution in [3.05, 3.63) is 22.3 Å². The maximum Gasteiger partial charge on any atom is 0.341 e. The quantitative estimate of drug-likeness (QED) is 0.0835. The molecule has 4 aliphatic carbocycles. The van der Waals surface area contributed by atoms with Gasteiger partial charge in [-0.1, -0.05) is 54.0 Å². The molecule has 6 aliphatic rings. The predicted octanol–water partition coefficient (Wildman–Crippen LogP) is 3.38. The van der Waals surface area contributed by atoms with Crippen LogP contribution < -0.4 is 0 Å². The Bertz CT molecular complexity index is 2090. The van der Waals surface area contributed by atoms with Crippen molar-refractivity contribution in [2.45, 2.75) is 213 Å². The van der Waals surface area contributed by atoms with Crippen molar-refractivity contribution in [3.63, 3.8) is 0 Å². The third kappa shape index (κ3) is 10.0. The van der Waals surface area contributed by atoms with Crippen LogP contribution in [0.2, 0.25) is 0 Å². The molecule has 2 aliphatic heterocycles. The van der Waals surface area contributed by atoms with Crippen molar-refractivity contribution < 1.29 is 92.6 Å². The van der Waals surface area contributed by atoms with Crippen molar-refractivity contribution >= 4 is 41.8 Å². The predicted molar refractivity (Wildman–Crippen MR) is 243 cm³/mol. The van der Waals surface area contributed by atoms with Crippen molar-refractivity contribution in [2.75, 3.05) is 0 Å². The van der Waals surface area contributed by atoms with E-state index in [0.29, 0.717) is 42.4 Å². The fraction of sp³-hybridized carbons (Fsp3) is 0.780. The molecular formula is C50H76O19. The van der Waals surface area contributed by atoms with Gasteiger partial charge in [0, 0.05) is 38.5 Å². The van der Waals surface area contributed by atoms with Crippen LogP contribution in [0.3, 0.4) is 0 Å². The normalized spacial score (nSPS) is 40.0. The van der Waals surface area contributed by atoms with Gasteiger partial charge in [-0.15, -0.1) is 0 Å². The maximum absolute atomic E-state index is 12.7. The van der Waals surface area contributed by atoms with Gasteiger partial charge < -0.3 is 59.1 Å². The van der Waals surface area contributed by atoms with E-state index in [1.165, 1.54) is 13.8 Å². The summed E-state index contributed by atoms with van der Waals surface area (Å²) in [5, 5.41) is 66.1. The van der Waals surface area contributed by atoms with Gasteiger partial charge in [0.05, 0.1) is 30.0 Å². The van der Waals surface area contributed by atoms with Crippen LogP contribution in [-0.4, -0.2) is 137 Å². The van der Waals surface area contributed by atoms with E-state index in [1.807, 2.05) is 27.7 Å². The number of hydrogen-bond donors (Lipinski definition) is 6. The molecule has 2 heterocycles. The number of hydrogen-bond acceptors (Lipinski definition) is 19. The summed E-state index contributed by atoms with van der Waals surface area (Å²) in [6.07, 6.45) is -3.96. The Labute approximate surface area is 404 Å². The zero-order valence-corrected chi connectivity index (χ0v) is 42.8. The first-order valence-corrected chi connectivity index (χ1v) is 24.0. The molecule has 0 bridgehead atoms. The van der Waals surface area contributed by atoms with Crippen LogP contribution in [0.15, 0.2) is 22.3 Å². The SMILES string of the molecule is CC(=O)O[C@@]1(C)C[C@H](O)[C@@]2(O)[C@@H](OC(=O)[C@@]2(C)O)C2=C(C)[C@H](C)C[C@@H]21.CC[C@H](C)C(=O)OC(=O)[C@@H](C)CC.CC[C@H](C)C(=O)O[C@H]1C[C@](C)(OC(C)=O)[C@H]2C[C@@H](O)C(C)=C2[C@@H]2OC(=O)[C@@](C)(O)[C@@]12O. The van der Waals surface area contributed by atoms with E-state index in [4.69, 9.17) is 23.7 Å². The fourth-order valence-electron chi connectivity index (χ4n) is 10.6. The molecule has 0 aromatic carbocycles. The van der Waals surface area contributed by atoms with Gasteiger partial charge in [-0.3, -0.25) is 24.0 Å². The second kappa shape index (κ2) is 20.5. The van der Waals surface area contributed by atoms with E-state index in [-0.39, 0.29) is 42.9 Å². The molecule has 6 N–H and O–H groups in total. The number of ether oxygens (including phenoxy) is 6. The van der Waals surface area contributed by atoms with Gasteiger partial charge in [-0.25, -0.2) is 9.59 Å². The fourth-order valence-corrected chi connectivity index (χ4v) is 10.6. The molecule has 2 saturated carbocycles. The number of rotatable bonds is 9. The van der Waals surface area contributed by atoms with E-state index < -0.39 is 118 Å². The topological polar surface area (TPSA) is 296 Å². The zero-order valence-electron chi connectivity index (χ0n) is 42.8. The van der Waals surface area contributed by atoms with Gasteiger partial charge >= 0.3 is 41.8 Å². The summed E-state index contributed by atoms with van der Waals surface area (Å²) in [7, 11) is 0. The van der Waals surface area contributed by atoms with Crippen molar-refractivity contribution in [1.82, 2.24) is 0 Å². The number of allylic oxidation sites excluding steroid dienone is 1. The number of aliphatic hydroxyl groups is 6. The van der Waals surface area contributed by atoms with Gasteiger partial charge in [0.15, 0.2) is 34.6 Å². The highest BCUT2D eigenvalue weighted by molar-refractivity contribution is 5.88. The molecule has 0 spiro atoms. The van der Waals surface area contributed by atoms with Crippen molar-refractivity contribution in [2.24, 2.45) is 35.5 Å². The van der Waals surface area contributed by atoms with Crippen LogP contribution >= 0.6 is 0 Å². The van der Waals surface area contributed by atoms with Crippen LogP contribution in [0.1, 0.15) is 149 Å². The molecule has 0 aromatic heterocycles. The molecule has 0 aromatic rings. The molecule has 0 amide bonds. The van der Waals surface area contributed by atoms with Gasteiger partial charge in [-0.05, 0) is 96.3 Å². The molecular weight excluding hydrogens is 905 g/mol. The third-order valence-electron chi connectivity index (χ3n) is 16.0. The highest BCUT2D eigenvalue weighted by atomic mass is 16.6. The van der Waals surface area contributed by atoms with Gasteiger partial charge in [0.25, 0.3) is 0 Å². The minimum atomic E-state index is -2.40. The summed E-state index contributed by atoms with van der Waals surface area (Å²) in [6.45, 7) is 24.4. The summed E-state index contributed by atoms with van der Waals surface area (Å²) >= 11 is 0. The maximum atomic E-state index is 12.7. The average Bonchev–Trinajstić information content (AvgIpc) is 3.82. The second-order valence-electron chi connectivity index (χ2n) is 21.0. The second-order valence-corrected chi connectivity index (χ2v) is 21.0. The molecule has 6 rings (SSSR count). The Balaban J connectivity index is 0.000000244. The molecule has 19 heteroatoms. The van der Waals surface area contributed by atoms with Crippen LogP contribution in [0.4, 0.5) is 0 Å². The molecule has 69 heavy (non-hydrogen) atoms. The van der Waals surface area contributed by atoms with Gasteiger partial charge in [0.1, 0.15) is 17.3 Å². The van der Waals surface area contributed by atoms with Crippen LogP contribution in [0.5, 0.6) is 0 Å². The Hall–Kier alpha value is -4.27. The van der Waals surface area contributed by atoms with Gasteiger partial charge in [-0.2, -0.15) is 0 Å². The lowest BCUT2D eigenvalue weighted by molar-refractivity contribution is -0.212. The lowest BCUT2D eigenvalue weighted by Gasteiger charge is -2.41. The Morgan fingerprint density at radius 1 is 0.638 bits per heavy atom. The van der Waals surface area contributed by atoms with Crippen LogP contribution in [0.25, 0.3) is 0 Å². The lowest BCUT2D eigenvalue weighted by atomic mass is 9.75. The van der Waals surface area contributed by atoms with E-state index in [1.54, 1.807) is 48.5 Å². The third-order valence-corrected chi connectivity index (χ3v) is 16.0. The van der Waals surface area contributed by atoms with Crippen molar-refractivity contribution in [1.29, 1.82) is 0 Å². The first-order valence-electron chi connectivity index (χ1n) is 24.0. The number of esters is 7. The Morgan fingerprint density at radius 2 is 1.03 bits per heavy atom. The van der Waals surface area contributed by atoms with Gasteiger partial charge in [0.2, 0.25) is 0 Å². The van der Waals surface area contributed by atoms with E-state index >= 15 is 0 Å². The largest absolute Gasteiger partial charge is 0.459 e. The standard InChI is InChI=1S/C22H32O9.C18H26O7.C10H18O3/c1-7-10(2)18(25)29-15-9-20(5,31-12(4)23)13-8-14(24)11(3)16(13)17-22(15,28)21(6,27)19(26)30-17;1-8-6-11-13(9(8)2)14-18(23,17(5,22)15(21)24-14)12(20)7-16(11,4)25-10(3)19;1-5-7(3)9(11)13-10(12)8(4)6-2/h10,13-15,17,24,27-28H,7-9H2,1-6H3;8,11-12,14,20,22-23H,6-7H2,1-5H3;7-8H,5-6H2,1-4H3/t10-,13-,14+,15-,17-,20-,21+,22+;8-,11+,12+,14+,16+,17-,18-;7-,8-/m010/s1. The average molecular weight is 981 g/mol. The molecule has 2 saturated heterocycles. The molecule has 17 atom stereocenters. The Morgan fingerprint density at radius 3 is 1.48 bits per heavy atom. The van der Waals surface area contributed by atoms with Crippen molar-refractivity contribution in [3.8, 4) is 0 Å². The first-order chi connectivity index (χ1) is 31.6. The highest BCUT2D eigenvalue weighted by Crippen LogP contribution is 2.58. The van der Waals surface area contributed by atoms with E-state index in [0.717, 1.165) is 19.4 Å². The number of carbonyl (C=O) groups is 7. The summed E-state index contributed by atoms with van der Waals surface area (Å²) in [5.74, 6) is -6.19. The summed E-state index contributed by atoms with van der Waals surface area (Å²) < 4.78 is 32.4. The molecule has 0 unspecified atom stereocenters. The van der Waals surface area contributed by atoms with Crippen LogP contribution in [0, 0.1) is 35.5 Å². The number of aliphatic hydroxyl groups excluding tert-OH is 2. The van der Waals surface area contributed by atoms with E-state index in [2.05, 4.69) is 4.74 Å². The van der Waals surface area contributed by atoms with E-state index in [9.17, 15) is 64.2 Å². The minimum Gasteiger partial charge on any atom is -0.459 e. The molecule has 390 valence electrons. The molecule has 0 radical (unpaired) electrons. The van der Waals surface area contributed by atoms with Crippen LogP contribution in [-0.2, 0) is 62.0 Å². The minimum absolute atomic E-state index is 0.111. The lowest BCUT2D eigenvalue weighted by Crippen LogP contribution is -2.64. The summed E-state index contributed by atoms with van der Waals surface area (Å²) in [5.41, 5.74) is -9.17. The summed E-state index contributed by atoms with van der Waals surface area (Å²) in [4.78, 5) is 83.4. The number of carbonyl (C=O) groups excluding carboxylic acids is 7. The summed E-state index contributed by atoms with van der Waals surface area (Å²) in [6, 6.07) is 0. The first kappa shape index (κ1) is 57.3. The molecule has 19 nitrogen and oxygen atoms in total. The zero-order chi connectivity index (χ0) is 52.9. The molecule has 4 fully saturated rings.